The molecule has 1 aliphatic heterocycles. The fourth-order valence-corrected chi connectivity index (χ4v) is 2.84. The van der Waals surface area contributed by atoms with E-state index in [1.807, 2.05) is 18.3 Å². The molecule has 22 heavy (non-hydrogen) atoms. The molecule has 0 aliphatic carbocycles. The van der Waals surface area contributed by atoms with Crippen LogP contribution in [0.3, 0.4) is 0 Å². The number of aliphatic hydroxyl groups excluding tert-OH is 1. The lowest BCUT2D eigenvalue weighted by atomic mass is 9.93. The van der Waals surface area contributed by atoms with Crippen LogP contribution in [0, 0.1) is 0 Å². The van der Waals surface area contributed by atoms with Gasteiger partial charge in [0, 0.05) is 25.2 Å². The Balaban J connectivity index is 1.70. The predicted molar refractivity (Wildman–Crippen MR) is 82.7 cm³/mol. The first-order valence-corrected chi connectivity index (χ1v) is 7.31. The van der Waals surface area contributed by atoms with Gasteiger partial charge >= 0.3 is 6.03 Å². The molecule has 2 aromatic rings. The number of nitrogens with zero attached hydrogens (tertiary/aromatic N) is 2. The third-order valence-corrected chi connectivity index (χ3v) is 4.22. The molecule has 118 valence electrons. The van der Waals surface area contributed by atoms with Gasteiger partial charge in [-0.1, -0.05) is 0 Å². The number of H-pyrrole nitrogens is 1. The molecule has 1 fully saturated rings. The minimum Gasteiger partial charge on any atom is -0.393 e. The standard InChI is InChI=1S/C15H20N4O3/c1-22-15(10-20)4-2-6-19(9-15)14(21)18-13-7-11-3-5-16-12(11)8-17-13/h3,5,7-8,16,20H,2,4,6,9-10H2,1H3,(H,17,18,21). The fraction of sp³-hybridized carbons (Fsp3) is 0.467. The Hall–Kier alpha value is -2.12. The number of pyridine rings is 1. The average Bonchev–Trinajstić information content (AvgIpc) is 3.02. The van der Waals surface area contributed by atoms with Crippen LogP contribution in [0.15, 0.2) is 24.5 Å². The van der Waals surface area contributed by atoms with Gasteiger partial charge in [0.1, 0.15) is 11.4 Å². The van der Waals surface area contributed by atoms with E-state index in [9.17, 15) is 9.90 Å². The summed E-state index contributed by atoms with van der Waals surface area (Å²) in [5.74, 6) is 0.509. The zero-order valence-electron chi connectivity index (χ0n) is 12.5. The first-order chi connectivity index (χ1) is 10.7. The third kappa shape index (κ3) is 2.77. The smallest absolute Gasteiger partial charge is 0.323 e. The Morgan fingerprint density at radius 1 is 1.64 bits per heavy atom. The van der Waals surface area contributed by atoms with Gasteiger partial charge in [-0.05, 0) is 25.0 Å². The lowest BCUT2D eigenvalue weighted by Crippen LogP contribution is -2.54. The van der Waals surface area contributed by atoms with E-state index in [-0.39, 0.29) is 12.6 Å². The number of urea groups is 1. The van der Waals surface area contributed by atoms with Crippen molar-refractivity contribution >= 4 is 22.8 Å². The van der Waals surface area contributed by atoms with E-state index in [2.05, 4.69) is 15.3 Å². The topological polar surface area (TPSA) is 90.5 Å². The van der Waals surface area contributed by atoms with Crippen LogP contribution in [0.5, 0.6) is 0 Å². The summed E-state index contributed by atoms with van der Waals surface area (Å²) in [7, 11) is 1.57. The molecule has 0 bridgehead atoms. The van der Waals surface area contributed by atoms with E-state index in [0.29, 0.717) is 18.9 Å². The number of piperidine rings is 1. The van der Waals surface area contributed by atoms with Crippen molar-refractivity contribution in [3.8, 4) is 0 Å². The van der Waals surface area contributed by atoms with Gasteiger partial charge in [-0.15, -0.1) is 0 Å². The molecule has 7 nitrogen and oxygen atoms in total. The number of anilines is 1. The summed E-state index contributed by atoms with van der Waals surface area (Å²) in [6.07, 6.45) is 5.06. The van der Waals surface area contributed by atoms with E-state index in [4.69, 9.17) is 4.74 Å². The molecule has 1 saturated heterocycles. The normalized spacial score (nSPS) is 22.0. The van der Waals surface area contributed by atoms with Crippen molar-refractivity contribution in [2.75, 3.05) is 32.1 Å². The molecular weight excluding hydrogens is 284 g/mol. The Morgan fingerprint density at radius 2 is 2.50 bits per heavy atom. The molecule has 0 saturated carbocycles. The first-order valence-electron chi connectivity index (χ1n) is 7.31. The highest BCUT2D eigenvalue weighted by atomic mass is 16.5. The number of fused-ring (bicyclic) bond motifs is 1. The van der Waals surface area contributed by atoms with Gasteiger partial charge in [0.2, 0.25) is 0 Å². The number of carbonyl (C=O) groups is 1. The predicted octanol–water partition coefficient (Wildman–Crippen LogP) is 1.57. The number of rotatable bonds is 3. The van der Waals surface area contributed by atoms with E-state index >= 15 is 0 Å². The van der Waals surface area contributed by atoms with Crippen molar-refractivity contribution in [2.24, 2.45) is 0 Å². The van der Waals surface area contributed by atoms with Crippen LogP contribution in [-0.2, 0) is 4.74 Å². The van der Waals surface area contributed by atoms with Crippen molar-refractivity contribution in [2.45, 2.75) is 18.4 Å². The number of ether oxygens (including phenoxy) is 1. The number of likely N-dealkylation sites (tertiary alicyclic amines) is 1. The lowest BCUT2D eigenvalue weighted by molar-refractivity contribution is -0.0858. The van der Waals surface area contributed by atoms with Crippen molar-refractivity contribution < 1.29 is 14.6 Å². The maximum Gasteiger partial charge on any atom is 0.323 e. The van der Waals surface area contributed by atoms with Gasteiger partial charge in [0.05, 0.1) is 24.9 Å². The summed E-state index contributed by atoms with van der Waals surface area (Å²) < 4.78 is 5.41. The van der Waals surface area contributed by atoms with Crippen LogP contribution >= 0.6 is 0 Å². The van der Waals surface area contributed by atoms with Crippen LogP contribution in [0.25, 0.3) is 10.9 Å². The maximum absolute atomic E-state index is 12.4. The van der Waals surface area contributed by atoms with Crippen LogP contribution in [-0.4, -0.2) is 58.4 Å². The van der Waals surface area contributed by atoms with E-state index in [1.165, 1.54) is 0 Å². The summed E-state index contributed by atoms with van der Waals surface area (Å²) in [5, 5.41) is 13.3. The minimum absolute atomic E-state index is 0.0964. The second-order valence-corrected chi connectivity index (χ2v) is 5.63. The molecule has 1 unspecified atom stereocenters. The molecule has 3 rings (SSSR count). The van der Waals surface area contributed by atoms with Gasteiger partial charge in [0.25, 0.3) is 0 Å². The molecule has 2 aromatic heterocycles. The van der Waals surface area contributed by atoms with E-state index in [0.717, 1.165) is 23.7 Å². The average molecular weight is 304 g/mol. The van der Waals surface area contributed by atoms with Crippen molar-refractivity contribution in [1.82, 2.24) is 14.9 Å². The maximum atomic E-state index is 12.4. The van der Waals surface area contributed by atoms with Crippen molar-refractivity contribution in [3.05, 3.63) is 24.5 Å². The molecule has 1 atom stereocenters. The van der Waals surface area contributed by atoms with Crippen LogP contribution in [0.1, 0.15) is 12.8 Å². The Bertz CT molecular complexity index is 666. The second-order valence-electron chi connectivity index (χ2n) is 5.63. The summed E-state index contributed by atoms with van der Waals surface area (Å²) in [4.78, 5) is 21.3. The van der Waals surface area contributed by atoms with Gasteiger partial charge in [0.15, 0.2) is 0 Å². The SMILES string of the molecule is COC1(CO)CCCN(C(=O)Nc2cc3cc[nH]c3cn2)C1. The van der Waals surface area contributed by atoms with Crippen LogP contribution in [0.4, 0.5) is 10.6 Å². The van der Waals surface area contributed by atoms with Crippen molar-refractivity contribution in [1.29, 1.82) is 0 Å². The highest BCUT2D eigenvalue weighted by molar-refractivity contribution is 5.91. The van der Waals surface area contributed by atoms with E-state index < -0.39 is 5.60 Å². The fourth-order valence-electron chi connectivity index (χ4n) is 2.84. The number of nitrogens with one attached hydrogen (secondary N) is 2. The quantitative estimate of drug-likeness (QED) is 0.803. The number of aromatic amines is 1. The molecule has 0 aromatic carbocycles. The van der Waals surface area contributed by atoms with E-state index in [1.54, 1.807) is 18.2 Å². The number of hydrogen-bond acceptors (Lipinski definition) is 4. The number of amides is 2. The molecule has 3 N–H and O–H groups in total. The van der Waals surface area contributed by atoms with Gasteiger partial charge in [-0.3, -0.25) is 5.32 Å². The number of aromatic nitrogens is 2. The second kappa shape index (κ2) is 5.94. The van der Waals surface area contributed by atoms with Crippen LogP contribution < -0.4 is 5.32 Å². The molecule has 0 radical (unpaired) electrons. The Kier molecular flexibility index (Phi) is 4.00. The van der Waals surface area contributed by atoms with Gasteiger partial charge < -0.3 is 19.7 Å². The number of carbonyl (C=O) groups excluding carboxylic acids is 1. The summed E-state index contributed by atoms with van der Waals surface area (Å²) in [5.41, 5.74) is 0.266. The summed E-state index contributed by atoms with van der Waals surface area (Å²) in [6, 6.07) is 3.52. The highest BCUT2D eigenvalue weighted by Crippen LogP contribution is 2.24. The third-order valence-electron chi connectivity index (χ3n) is 4.22. The van der Waals surface area contributed by atoms with Gasteiger partial charge in [-0.2, -0.15) is 0 Å². The molecular formula is C15H20N4O3. The molecule has 1 aliphatic rings. The molecule has 0 spiro atoms. The van der Waals surface area contributed by atoms with Crippen LogP contribution in [0.2, 0.25) is 0 Å². The first kappa shape index (κ1) is 14.8. The van der Waals surface area contributed by atoms with Gasteiger partial charge in [-0.25, -0.2) is 9.78 Å². The zero-order chi connectivity index (χ0) is 15.6. The lowest BCUT2D eigenvalue weighted by Gasteiger charge is -2.40. The monoisotopic (exact) mass is 304 g/mol. The highest BCUT2D eigenvalue weighted by Gasteiger charge is 2.36. The largest absolute Gasteiger partial charge is 0.393 e. The zero-order valence-corrected chi connectivity index (χ0v) is 12.5. The molecule has 7 heteroatoms. The number of aliphatic hydroxyl groups is 1. The Morgan fingerprint density at radius 3 is 3.27 bits per heavy atom. The summed E-state index contributed by atoms with van der Waals surface area (Å²) in [6.45, 7) is 0.919. The number of methoxy groups -OCH3 is 1. The van der Waals surface area contributed by atoms with Crippen molar-refractivity contribution in [3.63, 3.8) is 0 Å². The minimum atomic E-state index is -0.659. The number of hydrogen-bond donors (Lipinski definition) is 3. The Labute approximate surface area is 128 Å². The molecule has 2 amide bonds. The summed E-state index contributed by atoms with van der Waals surface area (Å²) >= 11 is 0. The molecule has 3 heterocycles.